The van der Waals surface area contributed by atoms with E-state index in [1.165, 1.54) is 17.7 Å². The lowest BCUT2D eigenvalue weighted by molar-refractivity contribution is -0.198. The molecule has 2 aromatic carbocycles. The van der Waals surface area contributed by atoms with E-state index in [9.17, 15) is 18.3 Å². The number of ether oxygens (including phenoxy) is 2. The summed E-state index contributed by atoms with van der Waals surface area (Å²) in [5, 5.41) is 12.7. The van der Waals surface area contributed by atoms with Crippen molar-refractivity contribution in [1.82, 2.24) is 9.80 Å². The number of hydrogen-bond donors (Lipinski definition) is 1. The van der Waals surface area contributed by atoms with E-state index in [1.807, 2.05) is 18.2 Å². The van der Waals surface area contributed by atoms with Gasteiger partial charge < -0.3 is 14.6 Å². The molecular weight excluding hydrogens is 541 g/mol. The van der Waals surface area contributed by atoms with Crippen LogP contribution in [0.3, 0.4) is 0 Å². The van der Waals surface area contributed by atoms with Crippen molar-refractivity contribution in [2.24, 2.45) is 5.92 Å². The molecule has 5 atom stereocenters. The van der Waals surface area contributed by atoms with Crippen LogP contribution in [-0.4, -0.2) is 72.0 Å². The highest BCUT2D eigenvalue weighted by Gasteiger charge is 2.73. The normalized spacial score (nSPS) is 30.1. The predicted octanol–water partition coefficient (Wildman–Crippen LogP) is 6.09. The maximum Gasteiger partial charge on any atom is 0.416 e. The Balaban J connectivity index is 1.37. The molecule has 1 N–H and O–H groups in total. The van der Waals surface area contributed by atoms with Crippen LogP contribution in [0.15, 0.2) is 55.1 Å². The molecule has 8 heteroatoms. The van der Waals surface area contributed by atoms with Gasteiger partial charge in [-0.1, -0.05) is 50.3 Å². The first-order chi connectivity index (χ1) is 20.0. The fraction of sp³-hybridized carbons (Fsp3) is 0.529. The van der Waals surface area contributed by atoms with Crippen LogP contribution >= 0.6 is 0 Å². The second-order valence-electron chi connectivity index (χ2n) is 12.8. The lowest BCUT2D eigenvalue weighted by Gasteiger charge is -2.65. The monoisotopic (exact) mass is 582 g/mol. The number of methoxy groups -OCH3 is 1. The van der Waals surface area contributed by atoms with E-state index in [0.717, 1.165) is 56.3 Å². The second-order valence-corrected chi connectivity index (χ2v) is 12.8. The van der Waals surface area contributed by atoms with Crippen molar-refractivity contribution in [3.63, 3.8) is 0 Å². The number of halogens is 3. The first kappa shape index (κ1) is 29.3. The predicted molar refractivity (Wildman–Crippen MR) is 158 cm³/mol. The highest BCUT2D eigenvalue weighted by Crippen LogP contribution is 2.66. The van der Waals surface area contributed by atoms with Gasteiger partial charge in [0.1, 0.15) is 6.10 Å². The van der Waals surface area contributed by atoms with E-state index in [1.54, 1.807) is 19.3 Å². The number of rotatable bonds is 9. The Morgan fingerprint density at radius 3 is 2.76 bits per heavy atom. The van der Waals surface area contributed by atoms with Gasteiger partial charge in [0.2, 0.25) is 0 Å². The van der Waals surface area contributed by atoms with Gasteiger partial charge in [0.05, 0.1) is 23.7 Å². The third kappa shape index (κ3) is 4.49. The summed E-state index contributed by atoms with van der Waals surface area (Å²) >= 11 is 0. The summed E-state index contributed by atoms with van der Waals surface area (Å²) in [4.78, 5) is 4.79. The van der Waals surface area contributed by atoms with Crippen LogP contribution in [0.1, 0.15) is 55.4 Å². The quantitative estimate of drug-likeness (QED) is 0.363. The van der Waals surface area contributed by atoms with Crippen molar-refractivity contribution in [2.45, 2.75) is 74.9 Å². The van der Waals surface area contributed by atoms with Gasteiger partial charge in [-0.25, -0.2) is 0 Å². The molecule has 1 spiro atoms. The van der Waals surface area contributed by atoms with Crippen molar-refractivity contribution < 1.29 is 27.8 Å². The van der Waals surface area contributed by atoms with Crippen LogP contribution < -0.4 is 9.47 Å². The summed E-state index contributed by atoms with van der Waals surface area (Å²) in [7, 11) is 1.66. The molecular formula is C34H41F3N2O3. The van der Waals surface area contributed by atoms with E-state index in [2.05, 4.69) is 36.3 Å². The first-order valence-electron chi connectivity index (χ1n) is 15.1. The topological polar surface area (TPSA) is 45.2 Å². The number of nitrogens with zero attached hydrogens (tertiary/aromatic N) is 2. The Bertz CT molecular complexity index is 1370. The van der Waals surface area contributed by atoms with Crippen LogP contribution in [0.4, 0.5) is 13.2 Å². The van der Waals surface area contributed by atoms with Crippen molar-refractivity contribution in [3.05, 3.63) is 77.4 Å². The largest absolute Gasteiger partial charge is 0.493 e. The minimum Gasteiger partial charge on any atom is -0.493 e. The molecule has 0 aromatic heterocycles. The minimum atomic E-state index is -4.38. The molecule has 0 amide bonds. The van der Waals surface area contributed by atoms with E-state index in [4.69, 9.17) is 9.47 Å². The molecule has 2 heterocycles. The summed E-state index contributed by atoms with van der Waals surface area (Å²) in [6, 6.07) is 9.55. The van der Waals surface area contributed by atoms with E-state index in [-0.39, 0.29) is 18.2 Å². The zero-order valence-electron chi connectivity index (χ0n) is 24.7. The molecule has 0 radical (unpaired) electrons. The summed E-state index contributed by atoms with van der Waals surface area (Å²) in [5.74, 6) is 1.84. The molecule has 2 unspecified atom stereocenters. The number of piperidine rings is 1. The molecule has 2 aliphatic carbocycles. The SMILES string of the molecule is C=CCN1CC[C@]23c4c5ccc(OC)c4OC2C(N(C/C=C/c2cccc(C(F)(F)F)c2)CC(C)C)CC[C@@]3(O)[C@H]1C5. The molecule has 5 nitrogen and oxygen atoms in total. The van der Waals surface area contributed by atoms with E-state index < -0.39 is 22.8 Å². The highest BCUT2D eigenvalue weighted by molar-refractivity contribution is 5.63. The third-order valence-electron chi connectivity index (χ3n) is 10.0. The molecule has 1 saturated carbocycles. The summed E-state index contributed by atoms with van der Waals surface area (Å²) in [6.07, 6.45) is 3.96. The van der Waals surface area contributed by atoms with Crippen LogP contribution in [0, 0.1) is 5.92 Å². The van der Waals surface area contributed by atoms with Gasteiger partial charge in [-0.15, -0.1) is 6.58 Å². The van der Waals surface area contributed by atoms with Crippen molar-refractivity contribution in [1.29, 1.82) is 0 Å². The van der Waals surface area contributed by atoms with Gasteiger partial charge in [0, 0.05) is 37.3 Å². The zero-order chi connectivity index (χ0) is 29.9. The molecule has 1 saturated heterocycles. The molecule has 2 aromatic rings. The van der Waals surface area contributed by atoms with Crippen molar-refractivity contribution >= 4 is 6.08 Å². The van der Waals surface area contributed by atoms with Crippen LogP contribution in [0.25, 0.3) is 6.08 Å². The molecule has 2 fully saturated rings. The molecule has 6 rings (SSSR count). The van der Waals surface area contributed by atoms with Gasteiger partial charge in [0.15, 0.2) is 11.5 Å². The second kappa shape index (κ2) is 10.7. The smallest absolute Gasteiger partial charge is 0.416 e. The Kier molecular flexibility index (Phi) is 7.47. The minimum absolute atomic E-state index is 0.0218. The summed E-state index contributed by atoms with van der Waals surface area (Å²) < 4.78 is 52.5. The molecule has 4 aliphatic rings. The van der Waals surface area contributed by atoms with Crippen LogP contribution in [-0.2, 0) is 18.0 Å². The van der Waals surface area contributed by atoms with Gasteiger partial charge in [0.25, 0.3) is 0 Å². The summed E-state index contributed by atoms with van der Waals surface area (Å²) in [6.45, 7) is 11.3. The number of benzene rings is 2. The van der Waals surface area contributed by atoms with Gasteiger partial charge in [-0.3, -0.25) is 9.80 Å². The van der Waals surface area contributed by atoms with Crippen LogP contribution in [0.2, 0.25) is 0 Å². The number of alkyl halides is 3. The first-order valence-corrected chi connectivity index (χ1v) is 15.1. The van der Waals surface area contributed by atoms with Crippen LogP contribution in [0.5, 0.6) is 11.5 Å². The van der Waals surface area contributed by atoms with Gasteiger partial charge >= 0.3 is 6.18 Å². The number of aliphatic hydroxyl groups is 1. The maximum atomic E-state index is 13.3. The average molecular weight is 583 g/mol. The third-order valence-corrected chi connectivity index (χ3v) is 10.0. The van der Waals surface area contributed by atoms with Gasteiger partial charge in [-0.05, 0) is 67.5 Å². The molecule has 42 heavy (non-hydrogen) atoms. The van der Waals surface area contributed by atoms with Crippen molar-refractivity contribution in [3.8, 4) is 11.5 Å². The lowest BCUT2D eigenvalue weighted by Crippen LogP contribution is -2.78. The Morgan fingerprint density at radius 1 is 1.24 bits per heavy atom. The zero-order valence-corrected chi connectivity index (χ0v) is 24.7. The molecule has 2 bridgehead atoms. The van der Waals surface area contributed by atoms with Crippen molar-refractivity contribution in [2.75, 3.05) is 33.3 Å². The fourth-order valence-electron chi connectivity index (χ4n) is 8.47. The standard InChI is InChI=1S/C34H41F3N2O3/c1-5-16-38-18-15-32-29-24-11-12-27(41-4)30(29)42-31(32)26(13-14-33(32,40)28(38)20-24)39(21-22(2)3)17-7-9-23-8-6-10-25(19-23)34(35,36)37/h5-12,19,22,26,28,31,40H,1,13-18,20-21H2,2-4H3/b9-7+/t26?,28-,31?,32+,33-/m1/s1. The number of hydrogen-bond acceptors (Lipinski definition) is 5. The maximum absolute atomic E-state index is 13.3. The highest BCUT2D eigenvalue weighted by atomic mass is 19.4. The Morgan fingerprint density at radius 2 is 2.05 bits per heavy atom. The van der Waals surface area contributed by atoms with E-state index in [0.29, 0.717) is 30.2 Å². The fourth-order valence-corrected chi connectivity index (χ4v) is 8.47. The average Bonchev–Trinajstić information content (AvgIpc) is 3.29. The van der Waals surface area contributed by atoms with Gasteiger partial charge in [-0.2, -0.15) is 13.2 Å². The molecule has 2 aliphatic heterocycles. The lowest BCUT2D eigenvalue weighted by atomic mass is 9.48. The number of likely N-dealkylation sites (tertiary alicyclic amines) is 1. The van der Waals surface area contributed by atoms with E-state index >= 15 is 0 Å². The molecule has 226 valence electrons. The Hall–Kier alpha value is -2.81. The Labute approximate surface area is 246 Å². The summed E-state index contributed by atoms with van der Waals surface area (Å²) in [5.41, 5.74) is 0.711.